The molecule has 0 saturated carbocycles. The van der Waals surface area contributed by atoms with E-state index in [0.717, 1.165) is 17.5 Å². The molecule has 0 radical (unpaired) electrons. The molecule has 0 spiro atoms. The van der Waals surface area contributed by atoms with E-state index in [1.165, 1.54) is 11.8 Å². The highest BCUT2D eigenvalue weighted by Gasteiger charge is 2.14. The van der Waals surface area contributed by atoms with Crippen molar-refractivity contribution in [3.05, 3.63) is 94.3 Å². The zero-order valence-electron chi connectivity index (χ0n) is 15.7. The number of ether oxygens (including phenoxy) is 1. The number of methoxy groups -OCH3 is 1. The van der Waals surface area contributed by atoms with Gasteiger partial charge in [-0.15, -0.1) is 0 Å². The van der Waals surface area contributed by atoms with Crippen molar-refractivity contribution in [3.63, 3.8) is 0 Å². The van der Waals surface area contributed by atoms with E-state index in [1.54, 1.807) is 35.9 Å². The third kappa shape index (κ3) is 3.79. The molecule has 0 atom stereocenters. The van der Waals surface area contributed by atoms with Crippen molar-refractivity contribution in [1.82, 2.24) is 9.55 Å². The van der Waals surface area contributed by atoms with Gasteiger partial charge in [0.1, 0.15) is 12.0 Å². The lowest BCUT2D eigenvalue weighted by Gasteiger charge is -2.14. The number of aromatic nitrogens is 2. The third-order valence-corrected chi connectivity index (χ3v) is 5.54. The molecule has 4 aromatic rings. The number of thioether (sulfide) groups is 1. The highest BCUT2D eigenvalue weighted by molar-refractivity contribution is 7.98. The second-order valence-electron chi connectivity index (χ2n) is 6.37. The van der Waals surface area contributed by atoms with Crippen LogP contribution in [0.15, 0.2) is 82.7 Å². The van der Waals surface area contributed by atoms with Gasteiger partial charge in [0.25, 0.3) is 5.56 Å². The summed E-state index contributed by atoms with van der Waals surface area (Å²) in [6.07, 6.45) is 0.807. The topological polar surface area (TPSA) is 61.2 Å². The van der Waals surface area contributed by atoms with Gasteiger partial charge in [-0.05, 0) is 42.5 Å². The molecule has 0 aliphatic rings. The van der Waals surface area contributed by atoms with Crippen molar-refractivity contribution in [2.75, 3.05) is 7.11 Å². The van der Waals surface area contributed by atoms with Crippen LogP contribution in [0.1, 0.15) is 15.9 Å². The summed E-state index contributed by atoms with van der Waals surface area (Å²) in [6.45, 7) is 0. The lowest BCUT2D eigenvalue weighted by molar-refractivity contribution is 0.112. The summed E-state index contributed by atoms with van der Waals surface area (Å²) in [7, 11) is 1.60. The predicted molar refractivity (Wildman–Crippen MR) is 115 cm³/mol. The zero-order valence-corrected chi connectivity index (χ0v) is 16.6. The predicted octanol–water partition coefficient (Wildman–Crippen LogP) is 4.50. The van der Waals surface area contributed by atoms with Crippen LogP contribution in [-0.2, 0) is 5.75 Å². The molecule has 0 bridgehead atoms. The Morgan fingerprint density at radius 3 is 2.55 bits per heavy atom. The summed E-state index contributed by atoms with van der Waals surface area (Å²) in [5.41, 5.74) is 2.74. The van der Waals surface area contributed by atoms with Crippen LogP contribution in [0.3, 0.4) is 0 Å². The Bertz CT molecular complexity index is 1240. The van der Waals surface area contributed by atoms with Gasteiger partial charge in [-0.25, -0.2) is 4.98 Å². The minimum atomic E-state index is -0.113. The molecule has 0 saturated heterocycles. The van der Waals surface area contributed by atoms with Gasteiger partial charge in [-0.1, -0.05) is 42.1 Å². The van der Waals surface area contributed by atoms with Crippen molar-refractivity contribution in [2.45, 2.75) is 10.9 Å². The van der Waals surface area contributed by atoms with Crippen molar-refractivity contribution in [2.24, 2.45) is 0 Å². The monoisotopic (exact) mass is 402 g/mol. The molecule has 1 aromatic heterocycles. The first-order chi connectivity index (χ1) is 14.2. The van der Waals surface area contributed by atoms with Crippen LogP contribution in [0.2, 0.25) is 0 Å². The Balaban J connectivity index is 1.81. The molecule has 3 aromatic carbocycles. The van der Waals surface area contributed by atoms with Gasteiger partial charge >= 0.3 is 0 Å². The number of benzene rings is 3. The molecule has 1 heterocycles. The van der Waals surface area contributed by atoms with Crippen LogP contribution in [0, 0.1) is 0 Å². The van der Waals surface area contributed by atoms with E-state index < -0.39 is 0 Å². The van der Waals surface area contributed by atoms with E-state index in [2.05, 4.69) is 0 Å². The zero-order chi connectivity index (χ0) is 20.2. The molecular formula is C23H18N2O3S. The number of rotatable bonds is 6. The Kier molecular flexibility index (Phi) is 5.44. The molecule has 0 fully saturated rings. The van der Waals surface area contributed by atoms with Crippen LogP contribution in [0.5, 0.6) is 5.75 Å². The van der Waals surface area contributed by atoms with Crippen LogP contribution in [0.25, 0.3) is 16.6 Å². The average Bonchev–Trinajstić information content (AvgIpc) is 2.78. The molecule has 29 heavy (non-hydrogen) atoms. The lowest BCUT2D eigenvalue weighted by Crippen LogP contribution is -2.21. The van der Waals surface area contributed by atoms with Gasteiger partial charge < -0.3 is 4.74 Å². The summed E-state index contributed by atoms with van der Waals surface area (Å²) in [5, 5.41) is 1.15. The van der Waals surface area contributed by atoms with Gasteiger partial charge in [0, 0.05) is 16.9 Å². The first-order valence-corrected chi connectivity index (χ1v) is 10.0. The first-order valence-electron chi connectivity index (χ1n) is 9.03. The molecule has 0 aliphatic heterocycles. The fraction of sp³-hybridized carbons (Fsp3) is 0.0870. The van der Waals surface area contributed by atoms with Gasteiger partial charge in [0.2, 0.25) is 0 Å². The van der Waals surface area contributed by atoms with E-state index in [9.17, 15) is 9.59 Å². The number of carbonyl (C=O) groups excluding carboxylic acids is 1. The Morgan fingerprint density at radius 2 is 1.79 bits per heavy atom. The second kappa shape index (κ2) is 8.32. The smallest absolute Gasteiger partial charge is 0.266 e. The van der Waals surface area contributed by atoms with Gasteiger partial charge in [0.05, 0.1) is 23.7 Å². The molecule has 4 rings (SSSR count). The molecule has 0 amide bonds. The fourth-order valence-corrected chi connectivity index (χ4v) is 4.13. The van der Waals surface area contributed by atoms with Crippen LogP contribution < -0.4 is 10.3 Å². The van der Waals surface area contributed by atoms with Crippen LogP contribution >= 0.6 is 11.8 Å². The molecule has 144 valence electrons. The summed E-state index contributed by atoms with van der Waals surface area (Å²) < 4.78 is 7.05. The number of hydrogen-bond donors (Lipinski definition) is 0. The standard InChI is InChI=1S/C23H18N2O3S/c1-28-21-12-11-16(14-26)13-17(21)15-29-23-24-20-10-6-5-9-19(20)22(27)25(23)18-7-3-2-4-8-18/h2-14H,15H2,1H3. The summed E-state index contributed by atoms with van der Waals surface area (Å²) in [5.74, 6) is 1.19. The number of para-hydroxylation sites is 2. The molecule has 5 nitrogen and oxygen atoms in total. The maximum atomic E-state index is 13.2. The highest BCUT2D eigenvalue weighted by atomic mass is 32.2. The summed E-state index contributed by atoms with van der Waals surface area (Å²) >= 11 is 1.43. The van der Waals surface area contributed by atoms with Gasteiger partial charge in [-0.3, -0.25) is 14.2 Å². The minimum Gasteiger partial charge on any atom is -0.496 e. The quantitative estimate of drug-likeness (QED) is 0.270. The SMILES string of the molecule is COc1ccc(C=O)cc1CSc1nc2ccccc2c(=O)n1-c1ccccc1. The minimum absolute atomic E-state index is 0.113. The van der Waals surface area contributed by atoms with Crippen molar-refractivity contribution in [1.29, 1.82) is 0 Å². The van der Waals surface area contributed by atoms with Crippen molar-refractivity contribution in [3.8, 4) is 11.4 Å². The molecule has 0 aliphatic carbocycles. The molecular weight excluding hydrogens is 384 g/mol. The maximum Gasteiger partial charge on any atom is 0.266 e. The largest absolute Gasteiger partial charge is 0.496 e. The molecule has 0 N–H and O–H groups in total. The van der Waals surface area contributed by atoms with E-state index in [1.807, 2.05) is 48.5 Å². The van der Waals surface area contributed by atoms with E-state index in [4.69, 9.17) is 9.72 Å². The Morgan fingerprint density at radius 1 is 1.03 bits per heavy atom. The fourth-order valence-electron chi connectivity index (χ4n) is 3.14. The van der Waals surface area contributed by atoms with E-state index in [0.29, 0.717) is 33.1 Å². The third-order valence-electron chi connectivity index (χ3n) is 4.56. The number of aldehydes is 1. The normalized spacial score (nSPS) is 10.8. The average molecular weight is 402 g/mol. The highest BCUT2D eigenvalue weighted by Crippen LogP contribution is 2.29. The second-order valence-corrected chi connectivity index (χ2v) is 7.31. The maximum absolute atomic E-state index is 13.2. The number of fused-ring (bicyclic) bond motifs is 1. The summed E-state index contributed by atoms with van der Waals surface area (Å²) in [6, 6.07) is 22.1. The Hall–Kier alpha value is -3.38. The molecule has 6 heteroatoms. The number of nitrogens with zero attached hydrogens (tertiary/aromatic N) is 2. The van der Waals surface area contributed by atoms with Gasteiger partial charge in [0.15, 0.2) is 5.16 Å². The number of carbonyl (C=O) groups is 1. The Labute approximate surface area is 172 Å². The van der Waals surface area contributed by atoms with Crippen molar-refractivity contribution < 1.29 is 9.53 Å². The lowest BCUT2D eigenvalue weighted by atomic mass is 10.1. The van der Waals surface area contributed by atoms with Crippen LogP contribution in [0.4, 0.5) is 0 Å². The van der Waals surface area contributed by atoms with Crippen molar-refractivity contribution >= 4 is 29.0 Å². The number of hydrogen-bond acceptors (Lipinski definition) is 5. The molecule has 0 unspecified atom stereocenters. The van der Waals surface area contributed by atoms with Crippen LogP contribution in [-0.4, -0.2) is 22.9 Å². The van der Waals surface area contributed by atoms with E-state index >= 15 is 0 Å². The van der Waals surface area contributed by atoms with E-state index in [-0.39, 0.29) is 5.56 Å². The summed E-state index contributed by atoms with van der Waals surface area (Å²) in [4.78, 5) is 29.1. The first kappa shape index (κ1) is 19.0. The van der Waals surface area contributed by atoms with Gasteiger partial charge in [-0.2, -0.15) is 0 Å².